The summed E-state index contributed by atoms with van der Waals surface area (Å²) in [5.41, 5.74) is 0. The van der Waals surface area contributed by atoms with Gasteiger partial charge in [0, 0.05) is 52.9 Å². The monoisotopic (exact) mass is 484 g/mol. The van der Waals surface area contributed by atoms with E-state index in [0.717, 1.165) is 18.1 Å². The minimum absolute atomic E-state index is 0.547. The Hall–Kier alpha value is 0.628. The van der Waals surface area contributed by atoms with Crippen LogP contribution in [0.15, 0.2) is 0 Å². The Bertz CT molecular complexity index is 305. The van der Waals surface area contributed by atoms with Crippen molar-refractivity contribution in [3.63, 3.8) is 0 Å². The third-order valence-electron chi connectivity index (χ3n) is 5.99. The van der Waals surface area contributed by atoms with Crippen molar-refractivity contribution in [2.45, 2.75) is 81.0 Å². The van der Waals surface area contributed by atoms with E-state index in [0.29, 0.717) is 5.04 Å². The fourth-order valence-electron chi connectivity index (χ4n) is 3.96. The predicted molar refractivity (Wildman–Crippen MR) is 132 cm³/mol. The van der Waals surface area contributed by atoms with Crippen LogP contribution in [-0.4, -0.2) is 80.8 Å². The van der Waals surface area contributed by atoms with E-state index >= 15 is 0 Å². The molecule has 0 fully saturated rings. The maximum atomic E-state index is 5.46. The average molecular weight is 485 g/mol. The zero-order valence-electron chi connectivity index (χ0n) is 20.2. The van der Waals surface area contributed by atoms with Crippen LogP contribution in [0.5, 0.6) is 0 Å². The highest BCUT2D eigenvalue weighted by atomic mass is 28.3. The molecule has 0 aliphatic carbocycles. The van der Waals surface area contributed by atoms with Crippen LogP contribution in [0, 0.1) is 0 Å². The molecule has 0 radical (unpaired) electrons. The lowest BCUT2D eigenvalue weighted by Crippen LogP contribution is -2.20. The summed E-state index contributed by atoms with van der Waals surface area (Å²) in [5.74, 6) is 0. The second-order valence-electron chi connectivity index (χ2n) is 8.25. The molecule has 0 heterocycles. The standard InChI is InChI=1S/C19H48O6Si4/c1-20-27(21-2)16-10-7-13-19(26,14-8-11-17-28(22-3)23-4)15-9-12-18-29(24-5)25-6/h27-29H,7-18H2,1-6,26H3. The number of hydrogen-bond donors (Lipinski definition) is 0. The summed E-state index contributed by atoms with van der Waals surface area (Å²) in [7, 11) is 7.74. The lowest BCUT2D eigenvalue weighted by atomic mass is 9.89. The molecule has 0 aromatic carbocycles. The fourth-order valence-corrected chi connectivity index (χ4v) is 8.88. The number of hydrogen-bond acceptors (Lipinski definition) is 6. The first-order valence-corrected chi connectivity index (χ1v) is 17.4. The van der Waals surface area contributed by atoms with Crippen LogP contribution < -0.4 is 0 Å². The van der Waals surface area contributed by atoms with Gasteiger partial charge in [0.25, 0.3) is 0 Å². The molecule has 29 heavy (non-hydrogen) atoms. The lowest BCUT2D eigenvalue weighted by molar-refractivity contribution is 0.274. The maximum absolute atomic E-state index is 5.46. The van der Waals surface area contributed by atoms with Crippen LogP contribution in [-0.2, 0) is 26.6 Å². The zero-order chi connectivity index (χ0) is 22.0. The number of rotatable bonds is 21. The third-order valence-corrected chi connectivity index (χ3v) is 13.3. The molecule has 0 atom stereocenters. The minimum Gasteiger partial charge on any atom is -0.400 e. The van der Waals surface area contributed by atoms with E-state index < -0.39 is 27.9 Å². The molecular formula is C19H48O6Si4. The molecule has 0 bridgehead atoms. The van der Waals surface area contributed by atoms with Crippen molar-refractivity contribution in [3.05, 3.63) is 0 Å². The first-order valence-electron chi connectivity index (χ1n) is 11.1. The van der Waals surface area contributed by atoms with Crippen LogP contribution in [0.3, 0.4) is 0 Å². The number of unbranched alkanes of at least 4 members (excludes halogenated alkanes) is 3. The summed E-state index contributed by atoms with van der Waals surface area (Å²) in [6.45, 7) is 0. The van der Waals surface area contributed by atoms with Gasteiger partial charge in [-0.05, 0) is 23.2 Å². The Kier molecular flexibility index (Phi) is 19.7. The Morgan fingerprint density at radius 3 is 0.931 bits per heavy atom. The van der Waals surface area contributed by atoms with Gasteiger partial charge in [0.15, 0.2) is 0 Å². The Labute approximate surface area is 188 Å². The SMILES string of the molecule is CO[SiH](CCCCC([SiH3])(CCCC[SiH](OC)OC)CCCC[SiH](OC)OC)OC. The molecular weight excluding hydrogens is 437 g/mol. The first kappa shape index (κ1) is 29.6. The van der Waals surface area contributed by atoms with Gasteiger partial charge in [-0.25, -0.2) is 0 Å². The van der Waals surface area contributed by atoms with Crippen LogP contribution in [0.4, 0.5) is 0 Å². The molecule has 0 spiro atoms. The maximum Gasteiger partial charge on any atom is 0.320 e. The molecule has 10 heteroatoms. The van der Waals surface area contributed by atoms with Crippen molar-refractivity contribution in [2.75, 3.05) is 42.7 Å². The largest absolute Gasteiger partial charge is 0.400 e. The minimum atomic E-state index is -1.41. The van der Waals surface area contributed by atoms with Crippen molar-refractivity contribution in [1.82, 2.24) is 0 Å². The van der Waals surface area contributed by atoms with Crippen LogP contribution >= 0.6 is 0 Å². The van der Waals surface area contributed by atoms with Gasteiger partial charge < -0.3 is 26.6 Å². The summed E-state index contributed by atoms with van der Waals surface area (Å²) in [6, 6.07) is 3.36. The smallest absolute Gasteiger partial charge is 0.320 e. The second-order valence-corrected chi connectivity index (χ2v) is 17.5. The highest BCUT2D eigenvalue weighted by molar-refractivity contribution is 6.44. The molecule has 176 valence electrons. The Balaban J connectivity index is 4.43. The molecule has 0 saturated carbocycles. The molecule has 0 unspecified atom stereocenters. The van der Waals surface area contributed by atoms with E-state index in [-0.39, 0.29) is 0 Å². The molecule has 0 rings (SSSR count). The van der Waals surface area contributed by atoms with Gasteiger partial charge in [0.2, 0.25) is 0 Å². The van der Waals surface area contributed by atoms with E-state index in [4.69, 9.17) is 26.6 Å². The molecule has 0 aliphatic rings. The summed E-state index contributed by atoms with van der Waals surface area (Å²) >= 11 is 0. The van der Waals surface area contributed by atoms with E-state index in [2.05, 4.69) is 0 Å². The highest BCUT2D eigenvalue weighted by Gasteiger charge is 2.24. The van der Waals surface area contributed by atoms with Crippen molar-refractivity contribution in [3.8, 4) is 0 Å². The molecule has 0 N–H and O–H groups in total. The van der Waals surface area contributed by atoms with Crippen molar-refractivity contribution in [2.24, 2.45) is 0 Å². The Morgan fingerprint density at radius 2 is 0.724 bits per heavy atom. The summed E-state index contributed by atoms with van der Waals surface area (Å²) < 4.78 is 32.8. The average Bonchev–Trinajstić information content (AvgIpc) is 2.74. The van der Waals surface area contributed by atoms with Crippen LogP contribution in [0.1, 0.15) is 57.8 Å². The van der Waals surface area contributed by atoms with Crippen molar-refractivity contribution in [1.29, 1.82) is 0 Å². The van der Waals surface area contributed by atoms with Gasteiger partial charge in [-0.1, -0.05) is 57.8 Å². The van der Waals surface area contributed by atoms with Gasteiger partial charge in [-0.2, -0.15) is 0 Å². The van der Waals surface area contributed by atoms with Gasteiger partial charge in [0.1, 0.15) is 0 Å². The molecule has 0 aliphatic heterocycles. The van der Waals surface area contributed by atoms with E-state index in [9.17, 15) is 0 Å². The van der Waals surface area contributed by atoms with E-state index in [1.807, 2.05) is 0 Å². The normalized spacial score (nSPS) is 12.7. The first-order chi connectivity index (χ1) is 14.0. The quantitative estimate of drug-likeness (QED) is 0.184. The van der Waals surface area contributed by atoms with Gasteiger partial charge in [-0.15, -0.1) is 0 Å². The van der Waals surface area contributed by atoms with Gasteiger partial charge in [-0.3, -0.25) is 0 Å². The van der Waals surface area contributed by atoms with Gasteiger partial charge >= 0.3 is 27.9 Å². The summed E-state index contributed by atoms with van der Waals surface area (Å²) in [5, 5.41) is 0.547. The molecule has 0 saturated heterocycles. The summed E-state index contributed by atoms with van der Waals surface area (Å²) in [6.07, 6.45) is 11.6. The predicted octanol–water partition coefficient (Wildman–Crippen LogP) is 2.56. The van der Waals surface area contributed by atoms with Crippen LogP contribution in [0.2, 0.25) is 23.2 Å². The third kappa shape index (κ3) is 15.1. The van der Waals surface area contributed by atoms with Crippen molar-refractivity contribution >= 4 is 38.1 Å². The highest BCUT2D eigenvalue weighted by Crippen LogP contribution is 2.41. The zero-order valence-corrected chi connectivity index (χ0v) is 25.6. The molecule has 0 aromatic heterocycles. The van der Waals surface area contributed by atoms with E-state index in [1.54, 1.807) is 42.7 Å². The molecule has 0 amide bonds. The van der Waals surface area contributed by atoms with Gasteiger partial charge in [0.05, 0.1) is 0 Å². The second kappa shape index (κ2) is 19.3. The van der Waals surface area contributed by atoms with Crippen LogP contribution in [0.25, 0.3) is 0 Å². The Morgan fingerprint density at radius 1 is 0.483 bits per heavy atom. The molecule has 6 nitrogen and oxygen atoms in total. The molecule has 0 aromatic rings. The fraction of sp³-hybridized carbons (Fsp3) is 1.00. The lowest BCUT2D eigenvalue weighted by Gasteiger charge is -2.30. The van der Waals surface area contributed by atoms with E-state index in [1.165, 1.54) is 68.0 Å². The summed E-state index contributed by atoms with van der Waals surface area (Å²) in [4.78, 5) is 0. The van der Waals surface area contributed by atoms with Crippen molar-refractivity contribution < 1.29 is 26.6 Å². The topological polar surface area (TPSA) is 55.4 Å².